The number of amides is 1. The highest BCUT2D eigenvalue weighted by Crippen LogP contribution is 2.26. The molecule has 0 aliphatic carbocycles. The minimum atomic E-state index is -5.01. The number of nitrogens with zero attached hydrogens (tertiary/aromatic N) is 2. The lowest BCUT2D eigenvalue weighted by Gasteiger charge is -2.14. The zero-order valence-electron chi connectivity index (χ0n) is 7.78. The summed E-state index contributed by atoms with van der Waals surface area (Å²) in [5.41, 5.74) is 0. The minimum Gasteiger partial charge on any atom is -0.477 e. The molecule has 1 amide bonds. The number of hydrogen-bond acceptors (Lipinski definition) is 4. The van der Waals surface area contributed by atoms with Crippen LogP contribution in [0.5, 0.6) is 0 Å². The molecule has 0 aromatic carbocycles. The topological polar surface area (TPSA) is 70.5 Å². The Kier molecular flexibility index (Phi) is 3.17. The van der Waals surface area contributed by atoms with E-state index in [1.54, 1.807) is 0 Å². The standard InChI is InChI=1S/C7H5F3N2O3S/c1-12(5(15)7(8,9)10)6-11-2-3(16-6)4(13)14/h2H,1H3,(H,13,14). The summed E-state index contributed by atoms with van der Waals surface area (Å²) in [6.45, 7) is 0. The summed E-state index contributed by atoms with van der Waals surface area (Å²) in [6.07, 6.45) is -4.12. The zero-order valence-corrected chi connectivity index (χ0v) is 8.59. The molecule has 5 nitrogen and oxygen atoms in total. The van der Waals surface area contributed by atoms with E-state index in [0.29, 0.717) is 11.3 Å². The first-order valence-corrected chi connectivity index (χ1v) is 4.59. The van der Waals surface area contributed by atoms with Gasteiger partial charge in [0.1, 0.15) is 4.88 Å². The van der Waals surface area contributed by atoms with Crippen LogP contribution in [0.4, 0.5) is 18.3 Å². The van der Waals surface area contributed by atoms with E-state index in [4.69, 9.17) is 5.11 Å². The third-order valence-electron chi connectivity index (χ3n) is 1.54. The number of halogens is 3. The number of carboxylic acid groups (broad SMARTS) is 1. The number of carbonyl (C=O) groups is 2. The van der Waals surface area contributed by atoms with Crippen LogP contribution in [0.1, 0.15) is 9.67 Å². The number of aromatic carboxylic acids is 1. The van der Waals surface area contributed by atoms with Gasteiger partial charge in [0.2, 0.25) is 0 Å². The second-order valence-electron chi connectivity index (χ2n) is 2.67. The fraction of sp³-hybridized carbons (Fsp3) is 0.286. The predicted molar refractivity (Wildman–Crippen MR) is 48.5 cm³/mol. The number of rotatable bonds is 2. The Morgan fingerprint density at radius 2 is 2.06 bits per heavy atom. The summed E-state index contributed by atoms with van der Waals surface area (Å²) in [5, 5.41) is 8.20. The molecule has 9 heteroatoms. The highest BCUT2D eigenvalue weighted by molar-refractivity contribution is 7.17. The SMILES string of the molecule is CN(C(=O)C(F)(F)F)c1ncc(C(=O)O)s1. The molecule has 16 heavy (non-hydrogen) atoms. The number of hydrogen-bond donors (Lipinski definition) is 1. The minimum absolute atomic E-state index is 0.239. The Balaban J connectivity index is 2.93. The normalized spacial score (nSPS) is 11.2. The third-order valence-corrected chi connectivity index (χ3v) is 2.60. The second kappa shape index (κ2) is 4.08. The molecule has 0 fully saturated rings. The highest BCUT2D eigenvalue weighted by Gasteiger charge is 2.42. The van der Waals surface area contributed by atoms with Gasteiger partial charge in [0.25, 0.3) is 0 Å². The van der Waals surface area contributed by atoms with Crippen LogP contribution >= 0.6 is 11.3 Å². The third kappa shape index (κ3) is 2.48. The quantitative estimate of drug-likeness (QED) is 0.865. The van der Waals surface area contributed by atoms with Crippen LogP contribution in [0, 0.1) is 0 Å². The summed E-state index contributed by atoms with van der Waals surface area (Å²) in [5.74, 6) is -3.41. The lowest BCUT2D eigenvalue weighted by atomic mass is 10.5. The van der Waals surface area contributed by atoms with Crippen molar-refractivity contribution in [1.82, 2.24) is 4.98 Å². The average Bonchev–Trinajstić information content (AvgIpc) is 2.62. The van der Waals surface area contributed by atoms with E-state index < -0.39 is 18.1 Å². The number of anilines is 1. The van der Waals surface area contributed by atoms with Gasteiger partial charge in [-0.25, -0.2) is 9.78 Å². The van der Waals surface area contributed by atoms with Crippen molar-refractivity contribution in [1.29, 1.82) is 0 Å². The van der Waals surface area contributed by atoms with Crippen molar-refractivity contribution >= 4 is 28.3 Å². The first-order chi connectivity index (χ1) is 7.23. The number of aromatic nitrogens is 1. The monoisotopic (exact) mass is 254 g/mol. The van der Waals surface area contributed by atoms with E-state index in [1.807, 2.05) is 0 Å². The van der Waals surface area contributed by atoms with Gasteiger partial charge in [-0.2, -0.15) is 13.2 Å². The van der Waals surface area contributed by atoms with Crippen LogP contribution in [-0.2, 0) is 4.79 Å². The van der Waals surface area contributed by atoms with Crippen LogP contribution in [0.15, 0.2) is 6.20 Å². The van der Waals surface area contributed by atoms with E-state index in [9.17, 15) is 22.8 Å². The van der Waals surface area contributed by atoms with Gasteiger partial charge in [0.05, 0.1) is 6.20 Å². The first kappa shape index (κ1) is 12.4. The van der Waals surface area contributed by atoms with Crippen molar-refractivity contribution in [2.24, 2.45) is 0 Å². The molecule has 1 heterocycles. The maximum atomic E-state index is 12.0. The van der Waals surface area contributed by atoms with Crippen LogP contribution < -0.4 is 4.90 Å². The molecule has 1 N–H and O–H groups in total. The number of alkyl halides is 3. The maximum Gasteiger partial charge on any atom is 0.471 e. The number of carboxylic acids is 1. The Bertz CT molecular complexity index is 429. The second-order valence-corrected chi connectivity index (χ2v) is 3.68. The Labute approximate surface area is 91.1 Å². The summed E-state index contributed by atoms with van der Waals surface area (Å²) in [6, 6.07) is 0. The van der Waals surface area contributed by atoms with Crippen LogP contribution in [-0.4, -0.2) is 35.2 Å². The Morgan fingerprint density at radius 3 is 2.44 bits per heavy atom. The molecule has 1 aromatic heterocycles. The number of thiazole rings is 1. The number of carbonyl (C=O) groups excluding carboxylic acids is 1. The van der Waals surface area contributed by atoms with Gasteiger partial charge < -0.3 is 5.11 Å². The first-order valence-electron chi connectivity index (χ1n) is 3.77. The van der Waals surface area contributed by atoms with Gasteiger partial charge >= 0.3 is 18.1 Å². The molecule has 0 aliphatic heterocycles. The lowest BCUT2D eigenvalue weighted by molar-refractivity contribution is -0.170. The van der Waals surface area contributed by atoms with E-state index in [-0.39, 0.29) is 14.9 Å². The van der Waals surface area contributed by atoms with Crippen molar-refractivity contribution in [2.75, 3.05) is 11.9 Å². The van der Waals surface area contributed by atoms with Gasteiger partial charge in [0, 0.05) is 7.05 Å². The molecule has 0 radical (unpaired) electrons. The summed E-state index contributed by atoms with van der Waals surface area (Å²) >= 11 is 0.488. The molecular weight excluding hydrogens is 249 g/mol. The molecule has 88 valence electrons. The van der Waals surface area contributed by atoms with Crippen molar-refractivity contribution in [3.8, 4) is 0 Å². The summed E-state index contributed by atoms with van der Waals surface area (Å²) in [7, 11) is 0.875. The van der Waals surface area contributed by atoms with Crippen molar-refractivity contribution in [3.05, 3.63) is 11.1 Å². The fourth-order valence-corrected chi connectivity index (χ4v) is 1.51. The molecule has 0 saturated carbocycles. The van der Waals surface area contributed by atoms with Crippen molar-refractivity contribution in [3.63, 3.8) is 0 Å². The molecule has 0 saturated heterocycles. The highest BCUT2D eigenvalue weighted by atomic mass is 32.1. The van der Waals surface area contributed by atoms with Crippen LogP contribution in [0.3, 0.4) is 0 Å². The predicted octanol–water partition coefficient (Wildman–Crippen LogP) is 1.37. The maximum absolute atomic E-state index is 12.0. The van der Waals surface area contributed by atoms with E-state index in [2.05, 4.69) is 4.98 Å². The van der Waals surface area contributed by atoms with Crippen molar-refractivity contribution in [2.45, 2.75) is 6.18 Å². The fourth-order valence-electron chi connectivity index (χ4n) is 0.796. The van der Waals surface area contributed by atoms with Gasteiger partial charge in [-0.3, -0.25) is 9.69 Å². The molecule has 1 rings (SSSR count). The van der Waals surface area contributed by atoms with E-state index in [0.717, 1.165) is 13.2 Å². The van der Waals surface area contributed by atoms with Crippen LogP contribution in [0.2, 0.25) is 0 Å². The molecule has 0 spiro atoms. The van der Waals surface area contributed by atoms with Gasteiger partial charge in [0.15, 0.2) is 5.13 Å². The molecule has 0 unspecified atom stereocenters. The van der Waals surface area contributed by atoms with Crippen molar-refractivity contribution < 1.29 is 27.9 Å². The zero-order chi connectivity index (χ0) is 12.5. The van der Waals surface area contributed by atoms with Crippen LogP contribution in [0.25, 0.3) is 0 Å². The molecule has 0 bridgehead atoms. The smallest absolute Gasteiger partial charge is 0.471 e. The summed E-state index contributed by atoms with van der Waals surface area (Å²) in [4.78, 5) is 24.6. The molecule has 0 aliphatic rings. The summed E-state index contributed by atoms with van der Waals surface area (Å²) < 4.78 is 36.1. The Morgan fingerprint density at radius 1 is 1.50 bits per heavy atom. The molecule has 0 atom stereocenters. The van der Waals surface area contributed by atoms with Gasteiger partial charge in [-0.05, 0) is 0 Å². The molecule has 1 aromatic rings. The van der Waals surface area contributed by atoms with E-state index >= 15 is 0 Å². The molecular formula is C7H5F3N2O3S. The van der Waals surface area contributed by atoms with Gasteiger partial charge in [-0.15, -0.1) is 0 Å². The largest absolute Gasteiger partial charge is 0.477 e. The Hall–Kier alpha value is -1.64. The van der Waals surface area contributed by atoms with E-state index in [1.165, 1.54) is 0 Å². The van der Waals surface area contributed by atoms with Gasteiger partial charge in [-0.1, -0.05) is 11.3 Å². The average molecular weight is 254 g/mol. The lowest BCUT2D eigenvalue weighted by Crippen LogP contribution is -2.38.